The molecule has 4 nitrogen and oxygen atoms in total. The van der Waals surface area contributed by atoms with Gasteiger partial charge >= 0.3 is 0 Å². The van der Waals surface area contributed by atoms with Crippen molar-refractivity contribution in [2.75, 3.05) is 10.6 Å². The SMILES string of the molecule is Cc1ccc(NC(=S)Nc2c(C)nn(Cc3cccc(F)c3)c2C)c(C)c1. The van der Waals surface area contributed by atoms with Gasteiger partial charge in [-0.2, -0.15) is 5.10 Å². The van der Waals surface area contributed by atoms with Crippen molar-refractivity contribution in [3.63, 3.8) is 0 Å². The van der Waals surface area contributed by atoms with Crippen LogP contribution in [0, 0.1) is 33.5 Å². The molecule has 140 valence electrons. The van der Waals surface area contributed by atoms with Crippen molar-refractivity contribution in [2.24, 2.45) is 0 Å². The molecule has 0 aliphatic rings. The molecule has 3 rings (SSSR count). The molecule has 2 N–H and O–H groups in total. The Kier molecular flexibility index (Phi) is 5.56. The maximum absolute atomic E-state index is 13.4. The van der Waals surface area contributed by atoms with Crippen LogP contribution in [0.1, 0.15) is 28.1 Å². The highest BCUT2D eigenvalue weighted by Gasteiger charge is 2.13. The highest BCUT2D eigenvalue weighted by Crippen LogP contribution is 2.22. The van der Waals surface area contributed by atoms with Crippen molar-refractivity contribution >= 4 is 28.7 Å². The van der Waals surface area contributed by atoms with Crippen LogP contribution in [0.3, 0.4) is 0 Å². The molecule has 0 saturated carbocycles. The van der Waals surface area contributed by atoms with Crippen LogP contribution < -0.4 is 10.6 Å². The number of aryl methyl sites for hydroxylation is 3. The first-order valence-corrected chi connectivity index (χ1v) is 9.18. The van der Waals surface area contributed by atoms with Gasteiger partial charge in [0.25, 0.3) is 0 Å². The summed E-state index contributed by atoms with van der Waals surface area (Å²) < 4.78 is 15.3. The van der Waals surface area contributed by atoms with E-state index in [0.717, 1.165) is 33.9 Å². The molecule has 0 amide bonds. The Labute approximate surface area is 164 Å². The molecular weight excluding hydrogens is 359 g/mol. The third-order valence-corrected chi connectivity index (χ3v) is 4.68. The summed E-state index contributed by atoms with van der Waals surface area (Å²) in [5, 5.41) is 11.6. The molecule has 0 radical (unpaired) electrons. The minimum atomic E-state index is -0.244. The van der Waals surface area contributed by atoms with Crippen molar-refractivity contribution in [3.05, 3.63) is 76.4 Å². The van der Waals surface area contributed by atoms with Gasteiger partial charge in [0, 0.05) is 5.69 Å². The summed E-state index contributed by atoms with van der Waals surface area (Å²) in [6.45, 7) is 8.51. The maximum Gasteiger partial charge on any atom is 0.175 e. The molecule has 1 heterocycles. The molecule has 0 unspecified atom stereocenters. The zero-order valence-corrected chi connectivity index (χ0v) is 16.7. The van der Waals surface area contributed by atoms with E-state index in [1.165, 1.54) is 17.7 Å². The summed E-state index contributed by atoms with van der Waals surface area (Å²) in [7, 11) is 0. The van der Waals surface area contributed by atoms with E-state index in [4.69, 9.17) is 12.2 Å². The van der Waals surface area contributed by atoms with E-state index in [9.17, 15) is 4.39 Å². The molecule has 0 atom stereocenters. The Balaban J connectivity index is 1.75. The lowest BCUT2D eigenvalue weighted by molar-refractivity contribution is 0.616. The molecular formula is C21H23FN4S. The second-order valence-electron chi connectivity index (χ2n) is 6.73. The second kappa shape index (κ2) is 7.88. The third-order valence-electron chi connectivity index (χ3n) is 4.47. The van der Waals surface area contributed by atoms with Crippen molar-refractivity contribution < 1.29 is 4.39 Å². The van der Waals surface area contributed by atoms with Gasteiger partial charge in [0.2, 0.25) is 0 Å². The molecule has 0 aliphatic heterocycles. The van der Waals surface area contributed by atoms with Crippen molar-refractivity contribution in [3.8, 4) is 0 Å². The van der Waals surface area contributed by atoms with Gasteiger partial charge in [0.1, 0.15) is 5.82 Å². The molecule has 6 heteroatoms. The summed E-state index contributed by atoms with van der Waals surface area (Å²) in [5.41, 5.74) is 6.84. The summed E-state index contributed by atoms with van der Waals surface area (Å²) in [6.07, 6.45) is 0. The smallest absolute Gasteiger partial charge is 0.175 e. The summed E-state index contributed by atoms with van der Waals surface area (Å²) >= 11 is 5.48. The van der Waals surface area contributed by atoms with Crippen LogP contribution >= 0.6 is 12.2 Å². The Hall–Kier alpha value is -2.73. The van der Waals surface area contributed by atoms with Gasteiger partial charge in [0.15, 0.2) is 5.11 Å². The molecule has 2 aromatic carbocycles. The number of thiocarbonyl (C=S) groups is 1. The molecule has 0 spiro atoms. The number of rotatable bonds is 4. The van der Waals surface area contributed by atoms with Crippen LogP contribution in [-0.2, 0) is 6.54 Å². The van der Waals surface area contributed by atoms with Gasteiger partial charge in [-0.05, 0) is 69.2 Å². The molecule has 3 aromatic rings. The van der Waals surface area contributed by atoms with E-state index < -0.39 is 0 Å². The fourth-order valence-electron chi connectivity index (χ4n) is 3.06. The van der Waals surface area contributed by atoms with Gasteiger partial charge in [-0.25, -0.2) is 4.39 Å². The van der Waals surface area contributed by atoms with E-state index in [2.05, 4.69) is 28.7 Å². The van der Waals surface area contributed by atoms with Gasteiger partial charge in [-0.3, -0.25) is 4.68 Å². The predicted octanol–water partition coefficient (Wildman–Crippen LogP) is 5.11. The van der Waals surface area contributed by atoms with Crippen LogP contribution in [0.5, 0.6) is 0 Å². The van der Waals surface area contributed by atoms with Crippen LogP contribution in [-0.4, -0.2) is 14.9 Å². The zero-order chi connectivity index (χ0) is 19.6. The number of aromatic nitrogens is 2. The fourth-order valence-corrected chi connectivity index (χ4v) is 3.27. The standard InChI is InChI=1S/C21H23FN4S/c1-13-8-9-19(14(2)10-13)23-21(27)24-20-15(3)25-26(16(20)4)12-17-6-5-7-18(22)11-17/h5-11H,12H2,1-4H3,(H2,23,24,27). The van der Waals surface area contributed by atoms with Gasteiger partial charge in [-0.15, -0.1) is 0 Å². The van der Waals surface area contributed by atoms with Crippen LogP contribution in [0.15, 0.2) is 42.5 Å². The number of hydrogen-bond acceptors (Lipinski definition) is 2. The van der Waals surface area contributed by atoms with E-state index in [-0.39, 0.29) is 5.82 Å². The molecule has 1 aromatic heterocycles. The number of nitrogens with zero attached hydrogens (tertiary/aromatic N) is 2. The second-order valence-corrected chi connectivity index (χ2v) is 7.14. The number of nitrogens with one attached hydrogen (secondary N) is 2. The quantitative estimate of drug-likeness (QED) is 0.615. The minimum Gasteiger partial charge on any atom is -0.332 e. The molecule has 0 bridgehead atoms. The Morgan fingerprint density at radius 1 is 1.07 bits per heavy atom. The fraction of sp³-hybridized carbons (Fsp3) is 0.238. The van der Waals surface area contributed by atoms with E-state index >= 15 is 0 Å². The van der Waals surface area contributed by atoms with E-state index in [0.29, 0.717) is 11.7 Å². The maximum atomic E-state index is 13.4. The number of halogens is 1. The van der Waals surface area contributed by atoms with Crippen molar-refractivity contribution in [1.29, 1.82) is 0 Å². The van der Waals surface area contributed by atoms with Crippen LogP contribution in [0.4, 0.5) is 15.8 Å². The zero-order valence-electron chi connectivity index (χ0n) is 15.9. The lowest BCUT2D eigenvalue weighted by Gasteiger charge is -2.13. The Morgan fingerprint density at radius 2 is 1.85 bits per heavy atom. The highest BCUT2D eigenvalue weighted by molar-refractivity contribution is 7.80. The first-order valence-electron chi connectivity index (χ1n) is 8.77. The monoisotopic (exact) mass is 382 g/mol. The van der Waals surface area contributed by atoms with E-state index in [1.807, 2.05) is 43.7 Å². The lowest BCUT2D eigenvalue weighted by atomic mass is 10.1. The summed E-state index contributed by atoms with van der Waals surface area (Å²) in [4.78, 5) is 0. The van der Waals surface area contributed by atoms with Gasteiger partial charge in [-0.1, -0.05) is 29.8 Å². The van der Waals surface area contributed by atoms with Gasteiger partial charge < -0.3 is 10.6 Å². The number of benzene rings is 2. The highest BCUT2D eigenvalue weighted by atomic mass is 32.1. The number of anilines is 2. The van der Waals surface area contributed by atoms with Crippen LogP contribution in [0.2, 0.25) is 0 Å². The largest absolute Gasteiger partial charge is 0.332 e. The average molecular weight is 383 g/mol. The van der Waals surface area contributed by atoms with Crippen molar-refractivity contribution in [2.45, 2.75) is 34.2 Å². The van der Waals surface area contributed by atoms with Crippen molar-refractivity contribution in [1.82, 2.24) is 9.78 Å². The third kappa shape index (κ3) is 4.52. The Bertz CT molecular complexity index is 994. The molecule has 0 saturated heterocycles. The number of hydrogen-bond donors (Lipinski definition) is 2. The normalized spacial score (nSPS) is 10.7. The predicted molar refractivity (Wildman–Crippen MR) is 113 cm³/mol. The molecule has 0 aliphatic carbocycles. The van der Waals surface area contributed by atoms with E-state index in [1.54, 1.807) is 6.07 Å². The Morgan fingerprint density at radius 3 is 2.56 bits per heavy atom. The minimum absolute atomic E-state index is 0.244. The van der Waals surface area contributed by atoms with Crippen LogP contribution in [0.25, 0.3) is 0 Å². The topological polar surface area (TPSA) is 41.9 Å². The lowest BCUT2D eigenvalue weighted by Crippen LogP contribution is -2.20. The molecule has 0 fully saturated rings. The molecule has 27 heavy (non-hydrogen) atoms. The average Bonchev–Trinajstić information content (AvgIpc) is 2.85. The van der Waals surface area contributed by atoms with Gasteiger partial charge in [0.05, 0.1) is 23.6 Å². The first-order chi connectivity index (χ1) is 12.8. The summed E-state index contributed by atoms with van der Waals surface area (Å²) in [5.74, 6) is -0.244. The summed E-state index contributed by atoms with van der Waals surface area (Å²) in [6, 6.07) is 12.7. The first kappa shape index (κ1) is 19.0.